The van der Waals surface area contributed by atoms with Gasteiger partial charge in [-0.05, 0) is 32.2 Å². The van der Waals surface area contributed by atoms with Gasteiger partial charge < -0.3 is 11.1 Å². The first kappa shape index (κ1) is 8.02. The normalized spacial score (nSPS) is 33.9. The molecule has 1 aliphatic heterocycles. The third kappa shape index (κ3) is 2.27. The predicted molar refractivity (Wildman–Crippen MR) is 43.8 cm³/mol. The Bertz CT molecular complexity index is 103. The summed E-state index contributed by atoms with van der Waals surface area (Å²) in [6.07, 6.45) is 2.48. The zero-order chi connectivity index (χ0) is 7.56. The Morgan fingerprint density at radius 2 is 2.20 bits per heavy atom. The Labute approximate surface area is 63.2 Å². The highest BCUT2D eigenvalue weighted by atomic mass is 15.1. The van der Waals surface area contributed by atoms with Gasteiger partial charge in [-0.3, -0.25) is 0 Å². The lowest BCUT2D eigenvalue weighted by atomic mass is 10.0. The molecule has 1 fully saturated rings. The Morgan fingerprint density at radius 3 is 2.60 bits per heavy atom. The molecule has 1 aliphatic rings. The van der Waals surface area contributed by atoms with Gasteiger partial charge in [-0.25, -0.2) is 0 Å². The summed E-state index contributed by atoms with van der Waals surface area (Å²) in [6, 6.07) is 1.56. The van der Waals surface area contributed by atoms with Gasteiger partial charge in [-0.1, -0.05) is 6.92 Å². The summed E-state index contributed by atoms with van der Waals surface area (Å²) in [5, 5.41) is 3.38. The van der Waals surface area contributed by atoms with Crippen molar-refractivity contribution in [1.82, 2.24) is 5.32 Å². The first-order chi connectivity index (χ1) is 4.74. The molecule has 0 aromatic heterocycles. The smallest absolute Gasteiger partial charge is 0.0224 e. The van der Waals surface area contributed by atoms with Crippen molar-refractivity contribution in [3.8, 4) is 0 Å². The maximum absolute atomic E-state index is 5.44. The monoisotopic (exact) mass is 142 g/mol. The molecular formula is C8H18N2. The van der Waals surface area contributed by atoms with Gasteiger partial charge in [0.05, 0.1) is 0 Å². The van der Waals surface area contributed by atoms with Crippen LogP contribution in [0.4, 0.5) is 0 Å². The van der Waals surface area contributed by atoms with Crippen LogP contribution in [0.2, 0.25) is 0 Å². The molecule has 0 amide bonds. The van der Waals surface area contributed by atoms with E-state index in [0.29, 0.717) is 0 Å². The molecule has 10 heavy (non-hydrogen) atoms. The molecule has 0 aromatic rings. The van der Waals surface area contributed by atoms with Gasteiger partial charge in [0.15, 0.2) is 0 Å². The molecule has 0 spiro atoms. The minimum Gasteiger partial charge on any atom is -0.330 e. The molecule has 0 radical (unpaired) electrons. The van der Waals surface area contributed by atoms with E-state index >= 15 is 0 Å². The predicted octanol–water partition coefficient (Wildman–Crippen LogP) is 0.722. The number of nitrogens with two attached hydrogens (primary N) is 1. The molecule has 2 heteroatoms. The maximum Gasteiger partial charge on any atom is 0.0224 e. The van der Waals surface area contributed by atoms with Crippen LogP contribution >= 0.6 is 0 Å². The van der Waals surface area contributed by atoms with E-state index in [0.717, 1.165) is 24.5 Å². The van der Waals surface area contributed by atoms with E-state index in [1.54, 1.807) is 0 Å². The van der Waals surface area contributed by atoms with Crippen molar-refractivity contribution in [2.24, 2.45) is 11.7 Å². The molecule has 0 aromatic carbocycles. The van der Waals surface area contributed by atoms with Crippen LogP contribution in [0, 0.1) is 5.92 Å². The van der Waals surface area contributed by atoms with Crippen molar-refractivity contribution in [2.75, 3.05) is 6.54 Å². The number of hydrogen-bond donors (Lipinski definition) is 2. The Hall–Kier alpha value is -0.0800. The summed E-state index contributed by atoms with van der Waals surface area (Å²) in [7, 11) is 0. The lowest BCUT2D eigenvalue weighted by Gasteiger charge is -2.06. The second kappa shape index (κ2) is 3.35. The van der Waals surface area contributed by atoms with Gasteiger partial charge in [0.25, 0.3) is 0 Å². The lowest BCUT2D eigenvalue weighted by Crippen LogP contribution is -2.08. The van der Waals surface area contributed by atoms with Crippen LogP contribution < -0.4 is 11.1 Å². The van der Waals surface area contributed by atoms with E-state index in [4.69, 9.17) is 5.73 Å². The van der Waals surface area contributed by atoms with Crippen molar-refractivity contribution in [1.29, 1.82) is 0 Å². The molecule has 1 heterocycles. The molecular weight excluding hydrogens is 124 g/mol. The van der Waals surface area contributed by atoms with Crippen LogP contribution in [0.5, 0.6) is 0 Å². The molecule has 0 bridgehead atoms. The van der Waals surface area contributed by atoms with Crippen molar-refractivity contribution in [2.45, 2.75) is 38.8 Å². The highest BCUT2D eigenvalue weighted by molar-refractivity contribution is 4.94. The fourth-order valence-corrected chi connectivity index (χ4v) is 1.39. The summed E-state index contributed by atoms with van der Waals surface area (Å²) in [5.41, 5.74) is 5.44. The van der Waals surface area contributed by atoms with Crippen molar-refractivity contribution in [3.63, 3.8) is 0 Å². The maximum atomic E-state index is 5.44. The second-order valence-electron chi connectivity index (χ2n) is 3.48. The second-order valence-corrected chi connectivity index (χ2v) is 3.48. The van der Waals surface area contributed by atoms with Crippen LogP contribution in [-0.4, -0.2) is 18.6 Å². The average molecular weight is 142 g/mol. The minimum absolute atomic E-state index is 0.764. The summed E-state index contributed by atoms with van der Waals surface area (Å²) < 4.78 is 0. The van der Waals surface area contributed by atoms with Crippen molar-refractivity contribution >= 4 is 0 Å². The molecule has 60 valence electrons. The molecule has 3 atom stereocenters. The largest absolute Gasteiger partial charge is 0.330 e. The van der Waals surface area contributed by atoms with Crippen LogP contribution in [0.15, 0.2) is 0 Å². The van der Waals surface area contributed by atoms with Gasteiger partial charge in [0.1, 0.15) is 0 Å². The Kier molecular flexibility index (Phi) is 2.69. The number of rotatable bonds is 4. The summed E-state index contributed by atoms with van der Waals surface area (Å²) in [4.78, 5) is 0. The first-order valence-electron chi connectivity index (χ1n) is 4.20. The van der Waals surface area contributed by atoms with E-state index in [2.05, 4.69) is 19.2 Å². The van der Waals surface area contributed by atoms with Gasteiger partial charge in [0.2, 0.25) is 0 Å². The van der Waals surface area contributed by atoms with Gasteiger partial charge in [0, 0.05) is 12.1 Å². The van der Waals surface area contributed by atoms with Crippen LogP contribution in [0.25, 0.3) is 0 Å². The zero-order valence-electron chi connectivity index (χ0n) is 6.93. The van der Waals surface area contributed by atoms with E-state index in [1.807, 2.05) is 0 Å². The third-order valence-electron chi connectivity index (χ3n) is 2.29. The molecule has 1 saturated heterocycles. The Morgan fingerprint density at radius 1 is 1.60 bits per heavy atom. The molecule has 1 rings (SSSR count). The molecule has 2 nitrogen and oxygen atoms in total. The van der Waals surface area contributed by atoms with E-state index in [-0.39, 0.29) is 0 Å². The van der Waals surface area contributed by atoms with Crippen molar-refractivity contribution in [3.05, 3.63) is 0 Å². The quantitative estimate of drug-likeness (QED) is 0.568. The molecule has 0 aliphatic carbocycles. The van der Waals surface area contributed by atoms with Crippen molar-refractivity contribution < 1.29 is 0 Å². The van der Waals surface area contributed by atoms with Gasteiger partial charge >= 0.3 is 0 Å². The third-order valence-corrected chi connectivity index (χ3v) is 2.29. The molecule has 3 unspecified atom stereocenters. The Balaban J connectivity index is 2.01. The summed E-state index contributed by atoms with van der Waals surface area (Å²) in [6.45, 7) is 5.35. The minimum atomic E-state index is 0.764. The number of nitrogens with one attached hydrogen (secondary N) is 1. The zero-order valence-corrected chi connectivity index (χ0v) is 6.93. The van der Waals surface area contributed by atoms with E-state index in [9.17, 15) is 0 Å². The van der Waals surface area contributed by atoms with Crippen LogP contribution in [0.3, 0.4) is 0 Å². The van der Waals surface area contributed by atoms with Crippen LogP contribution in [0.1, 0.15) is 26.7 Å². The average Bonchev–Trinajstić information content (AvgIpc) is 2.47. The fourth-order valence-electron chi connectivity index (χ4n) is 1.39. The highest BCUT2D eigenvalue weighted by Gasteiger charge is 2.31. The van der Waals surface area contributed by atoms with Gasteiger partial charge in [-0.15, -0.1) is 0 Å². The van der Waals surface area contributed by atoms with Gasteiger partial charge in [-0.2, -0.15) is 0 Å². The highest BCUT2D eigenvalue weighted by Crippen LogP contribution is 2.20. The SMILES string of the molecule is CC(CCN)CC1NC1C. The topological polar surface area (TPSA) is 48.0 Å². The summed E-state index contributed by atoms with van der Waals surface area (Å²) >= 11 is 0. The number of hydrogen-bond acceptors (Lipinski definition) is 2. The fraction of sp³-hybridized carbons (Fsp3) is 1.00. The van der Waals surface area contributed by atoms with E-state index in [1.165, 1.54) is 12.8 Å². The van der Waals surface area contributed by atoms with E-state index < -0.39 is 0 Å². The standard InChI is InChI=1S/C8H18N2/c1-6(3-4-9)5-8-7(2)10-8/h6-8,10H,3-5,9H2,1-2H3. The molecule has 3 N–H and O–H groups in total. The molecule has 0 saturated carbocycles. The summed E-state index contributed by atoms with van der Waals surface area (Å²) in [5.74, 6) is 0.799. The first-order valence-corrected chi connectivity index (χ1v) is 4.20. The van der Waals surface area contributed by atoms with Crippen LogP contribution in [-0.2, 0) is 0 Å². The lowest BCUT2D eigenvalue weighted by molar-refractivity contribution is 0.492.